The fraction of sp³-hybridized carbons (Fsp3) is 0.333. The number of anilines is 1. The highest BCUT2D eigenvalue weighted by Gasteiger charge is 2.42. The zero-order valence-corrected chi connectivity index (χ0v) is 18.2. The molecule has 1 fully saturated rings. The summed E-state index contributed by atoms with van der Waals surface area (Å²) in [7, 11) is -2.89. The Morgan fingerprint density at radius 1 is 1.42 bits per heavy atom. The molecule has 10 nitrogen and oxygen atoms in total. The summed E-state index contributed by atoms with van der Waals surface area (Å²) in [6, 6.07) is 2.72. The molecule has 2 unspecified atom stereocenters. The van der Waals surface area contributed by atoms with Crippen LogP contribution in [0.2, 0.25) is 0 Å². The quantitative estimate of drug-likeness (QED) is 0.589. The molecule has 1 saturated heterocycles. The summed E-state index contributed by atoms with van der Waals surface area (Å²) in [5.41, 5.74) is 0.678. The second kappa shape index (κ2) is 9.06. The molecule has 2 amide bonds. The third kappa shape index (κ3) is 5.23. The van der Waals surface area contributed by atoms with Crippen LogP contribution in [0.4, 0.5) is 10.1 Å². The summed E-state index contributed by atoms with van der Waals surface area (Å²) in [5.74, 6) is -2.04. The zero-order valence-electron chi connectivity index (χ0n) is 16.5. The smallest absolute Gasteiger partial charge is 0.280 e. The molecular formula is C18H19FN6O4S2. The van der Waals surface area contributed by atoms with Crippen LogP contribution in [0.15, 0.2) is 23.6 Å². The monoisotopic (exact) mass is 466 g/mol. The van der Waals surface area contributed by atoms with Gasteiger partial charge in [0.05, 0.1) is 12.1 Å². The van der Waals surface area contributed by atoms with Gasteiger partial charge in [-0.2, -0.15) is 22.7 Å². The molecule has 31 heavy (non-hydrogen) atoms. The Labute approximate surface area is 182 Å². The van der Waals surface area contributed by atoms with Gasteiger partial charge in [0.15, 0.2) is 0 Å². The van der Waals surface area contributed by atoms with Crippen LogP contribution < -0.4 is 15.4 Å². The van der Waals surface area contributed by atoms with Crippen LogP contribution in [0.3, 0.4) is 0 Å². The lowest BCUT2D eigenvalue weighted by Gasteiger charge is -2.35. The van der Waals surface area contributed by atoms with Crippen LogP contribution in [-0.4, -0.2) is 48.7 Å². The van der Waals surface area contributed by atoms with Gasteiger partial charge in [-0.3, -0.25) is 9.59 Å². The van der Waals surface area contributed by atoms with Crippen molar-refractivity contribution in [2.24, 2.45) is 0 Å². The van der Waals surface area contributed by atoms with Crippen molar-refractivity contribution in [2.75, 3.05) is 12.4 Å². The normalized spacial score (nSPS) is 20.6. The van der Waals surface area contributed by atoms with E-state index in [4.69, 9.17) is 5.26 Å². The zero-order chi connectivity index (χ0) is 22.8. The first-order chi connectivity index (χ1) is 14.6. The minimum Gasteiger partial charge on any atom is -0.348 e. The predicted molar refractivity (Wildman–Crippen MR) is 110 cm³/mol. The van der Waals surface area contributed by atoms with Crippen LogP contribution in [-0.2, 0) is 26.3 Å². The Morgan fingerprint density at radius 3 is 2.81 bits per heavy atom. The first kappa shape index (κ1) is 22.8. The summed E-state index contributed by atoms with van der Waals surface area (Å²) >= 11 is 1.36. The lowest BCUT2D eigenvalue weighted by atomic mass is 10.1. The Balaban J connectivity index is 1.72. The van der Waals surface area contributed by atoms with Gasteiger partial charge < -0.3 is 10.6 Å². The molecule has 1 aromatic heterocycles. The number of halogens is 1. The lowest BCUT2D eigenvalue weighted by molar-refractivity contribution is -0.124. The largest absolute Gasteiger partial charge is 0.348 e. The number of benzene rings is 1. The van der Waals surface area contributed by atoms with Crippen molar-refractivity contribution >= 4 is 39.0 Å². The Hall–Kier alpha value is -2.92. The number of thiazole rings is 1. The molecule has 1 aliphatic heterocycles. The molecule has 0 spiro atoms. The SMILES string of the molecule is Cc1csc(CNC(=O)C2CC(C(=O)Nc3ccc(F)c(C#N)c3)N(C)S(=O)(=O)N2)n1. The Morgan fingerprint density at radius 2 is 2.16 bits per heavy atom. The summed E-state index contributed by atoms with van der Waals surface area (Å²) in [4.78, 5) is 29.5. The topological polar surface area (TPSA) is 144 Å². The highest BCUT2D eigenvalue weighted by atomic mass is 32.2. The van der Waals surface area contributed by atoms with Gasteiger partial charge in [-0.25, -0.2) is 9.37 Å². The van der Waals surface area contributed by atoms with Crippen LogP contribution in [0.25, 0.3) is 0 Å². The summed E-state index contributed by atoms with van der Waals surface area (Å²) in [6.07, 6.45) is -0.128. The van der Waals surface area contributed by atoms with Gasteiger partial charge in [-0.1, -0.05) is 0 Å². The molecule has 2 heterocycles. The Kier molecular flexibility index (Phi) is 6.65. The van der Waals surface area contributed by atoms with Crippen molar-refractivity contribution in [2.45, 2.75) is 32.0 Å². The number of hydrogen-bond acceptors (Lipinski definition) is 7. The van der Waals surface area contributed by atoms with Gasteiger partial charge in [0.1, 0.15) is 29.0 Å². The third-order valence-corrected chi connectivity index (χ3v) is 7.18. The highest BCUT2D eigenvalue weighted by molar-refractivity contribution is 7.87. The molecule has 0 saturated carbocycles. The number of carbonyl (C=O) groups excluding carboxylic acids is 2. The average Bonchev–Trinajstić information content (AvgIpc) is 3.14. The second-order valence-electron chi connectivity index (χ2n) is 6.84. The van der Waals surface area contributed by atoms with E-state index in [0.717, 1.165) is 22.1 Å². The predicted octanol–water partition coefficient (Wildman–Crippen LogP) is 0.624. The highest BCUT2D eigenvalue weighted by Crippen LogP contribution is 2.20. The van der Waals surface area contributed by atoms with E-state index in [0.29, 0.717) is 5.01 Å². The number of carbonyl (C=O) groups is 2. The number of aromatic nitrogens is 1. The molecule has 1 aliphatic rings. The standard InChI is InChI=1S/C18H19FN6O4S2/c1-10-9-30-16(22-10)8-21-17(26)14-6-15(25(2)31(28,29)24-14)18(27)23-12-3-4-13(19)11(5-12)7-20/h3-5,9,14-15,24H,6,8H2,1-2H3,(H,21,26)(H,23,27). The van der Waals surface area contributed by atoms with Crippen molar-refractivity contribution in [3.8, 4) is 6.07 Å². The molecule has 1 aromatic carbocycles. The average molecular weight is 467 g/mol. The van der Waals surface area contributed by atoms with Crippen molar-refractivity contribution in [3.63, 3.8) is 0 Å². The maximum atomic E-state index is 13.5. The molecule has 2 aromatic rings. The van der Waals surface area contributed by atoms with Crippen LogP contribution in [0, 0.1) is 24.1 Å². The number of likely N-dealkylation sites (N-methyl/N-ethyl adjacent to an activating group) is 1. The molecule has 3 N–H and O–H groups in total. The van der Waals surface area contributed by atoms with E-state index in [1.807, 2.05) is 12.3 Å². The molecule has 164 valence electrons. The fourth-order valence-corrected chi connectivity index (χ4v) is 4.92. The van der Waals surface area contributed by atoms with Gasteiger partial charge in [0, 0.05) is 23.8 Å². The molecule has 2 atom stereocenters. The van der Waals surface area contributed by atoms with E-state index in [2.05, 4.69) is 20.3 Å². The maximum Gasteiger partial charge on any atom is 0.280 e. The van der Waals surface area contributed by atoms with Gasteiger partial charge in [-0.05, 0) is 31.5 Å². The van der Waals surface area contributed by atoms with Gasteiger partial charge in [0.25, 0.3) is 10.2 Å². The second-order valence-corrected chi connectivity index (χ2v) is 9.54. The summed E-state index contributed by atoms with van der Waals surface area (Å²) in [5, 5.41) is 16.5. The fourth-order valence-electron chi connectivity index (χ4n) is 2.97. The van der Waals surface area contributed by atoms with Gasteiger partial charge >= 0.3 is 0 Å². The molecular weight excluding hydrogens is 447 g/mol. The number of nitrogens with zero attached hydrogens (tertiary/aromatic N) is 3. The number of nitriles is 1. The molecule has 0 radical (unpaired) electrons. The van der Waals surface area contributed by atoms with E-state index >= 15 is 0 Å². The number of aryl methyl sites for hydroxylation is 1. The van der Waals surface area contributed by atoms with Gasteiger partial charge in [0.2, 0.25) is 11.8 Å². The number of nitrogens with one attached hydrogen (secondary N) is 3. The molecule has 0 bridgehead atoms. The first-order valence-corrected chi connectivity index (χ1v) is 11.4. The summed E-state index contributed by atoms with van der Waals surface area (Å²) < 4.78 is 41.4. The van der Waals surface area contributed by atoms with Crippen LogP contribution in [0.1, 0.15) is 22.7 Å². The van der Waals surface area contributed by atoms with Crippen molar-refractivity contribution < 1.29 is 22.4 Å². The van der Waals surface area contributed by atoms with E-state index in [-0.39, 0.29) is 24.2 Å². The molecule has 13 heteroatoms. The van der Waals surface area contributed by atoms with Crippen molar-refractivity contribution in [1.29, 1.82) is 5.26 Å². The number of rotatable bonds is 5. The van der Waals surface area contributed by atoms with Crippen LogP contribution >= 0.6 is 11.3 Å². The number of amides is 2. The lowest BCUT2D eigenvalue weighted by Crippen LogP contribution is -2.62. The minimum atomic E-state index is -4.10. The third-order valence-electron chi connectivity index (χ3n) is 4.62. The number of hydrogen-bond donors (Lipinski definition) is 3. The van der Waals surface area contributed by atoms with Gasteiger partial charge in [-0.15, -0.1) is 11.3 Å². The van der Waals surface area contributed by atoms with E-state index in [1.165, 1.54) is 24.5 Å². The van der Waals surface area contributed by atoms with Crippen LogP contribution in [0.5, 0.6) is 0 Å². The minimum absolute atomic E-state index is 0.128. The van der Waals surface area contributed by atoms with Crippen molar-refractivity contribution in [1.82, 2.24) is 19.3 Å². The molecule has 3 rings (SSSR count). The van der Waals surface area contributed by atoms with E-state index in [1.54, 1.807) is 6.07 Å². The maximum absolute atomic E-state index is 13.5. The van der Waals surface area contributed by atoms with E-state index < -0.39 is 39.9 Å². The van der Waals surface area contributed by atoms with Crippen molar-refractivity contribution in [3.05, 3.63) is 45.7 Å². The van der Waals surface area contributed by atoms with E-state index in [9.17, 15) is 22.4 Å². The molecule has 0 aliphatic carbocycles. The summed E-state index contributed by atoms with van der Waals surface area (Å²) in [6.45, 7) is 1.95. The first-order valence-electron chi connectivity index (χ1n) is 9.05. The Bertz CT molecular complexity index is 1160.